The van der Waals surface area contributed by atoms with Crippen LogP contribution >= 0.6 is 0 Å². The molecular weight excluding hydrogens is 222 g/mol. The molecule has 1 atom stereocenters. The van der Waals surface area contributed by atoms with Gasteiger partial charge < -0.3 is 20.3 Å². The van der Waals surface area contributed by atoms with Gasteiger partial charge in [0.05, 0.1) is 6.26 Å². The van der Waals surface area contributed by atoms with Crippen LogP contribution in [-0.2, 0) is 0 Å². The minimum absolute atomic E-state index is 0.0980. The van der Waals surface area contributed by atoms with Crippen LogP contribution in [0.25, 0.3) is 0 Å². The van der Waals surface area contributed by atoms with Gasteiger partial charge in [0.1, 0.15) is 5.84 Å². The molecule has 3 N–H and O–H groups in total. The fourth-order valence-electron chi connectivity index (χ4n) is 1.45. The van der Waals surface area contributed by atoms with Gasteiger partial charge in [-0.25, -0.2) is 0 Å². The molecule has 1 aromatic rings. The highest BCUT2D eigenvalue weighted by Gasteiger charge is 2.20. The molecule has 1 amide bonds. The Morgan fingerprint density at radius 2 is 2.35 bits per heavy atom. The molecule has 0 spiro atoms. The summed E-state index contributed by atoms with van der Waals surface area (Å²) in [4.78, 5) is 13.4. The Balaban J connectivity index is 2.69. The first kappa shape index (κ1) is 13.1. The maximum atomic E-state index is 12.0. The Hall–Kier alpha value is -1.98. The van der Waals surface area contributed by atoms with Gasteiger partial charge in [-0.1, -0.05) is 12.1 Å². The molecule has 1 unspecified atom stereocenters. The molecule has 6 nitrogen and oxygen atoms in total. The van der Waals surface area contributed by atoms with Crippen LogP contribution in [0.15, 0.2) is 21.9 Å². The van der Waals surface area contributed by atoms with Crippen molar-refractivity contribution in [3.8, 4) is 0 Å². The summed E-state index contributed by atoms with van der Waals surface area (Å²) in [7, 11) is 1.64. The first-order valence-electron chi connectivity index (χ1n) is 5.24. The molecule has 0 bridgehead atoms. The van der Waals surface area contributed by atoms with Crippen molar-refractivity contribution in [3.63, 3.8) is 0 Å². The first-order chi connectivity index (χ1) is 7.97. The predicted octanol–water partition coefficient (Wildman–Crippen LogP) is 1.04. The average Bonchev–Trinajstić information content (AvgIpc) is 2.73. The number of hydrogen-bond acceptors (Lipinski definition) is 4. The molecule has 94 valence electrons. The van der Waals surface area contributed by atoms with Gasteiger partial charge in [-0.05, 0) is 13.0 Å². The summed E-state index contributed by atoms with van der Waals surface area (Å²) in [5, 5.41) is 11.4. The summed E-state index contributed by atoms with van der Waals surface area (Å²) in [6.45, 7) is 3.93. The van der Waals surface area contributed by atoms with E-state index in [1.807, 2.05) is 0 Å². The number of nitrogens with two attached hydrogens (primary N) is 1. The fraction of sp³-hybridized carbons (Fsp3) is 0.455. The smallest absolute Gasteiger partial charge is 0.289 e. The Morgan fingerprint density at radius 1 is 1.71 bits per heavy atom. The van der Waals surface area contributed by atoms with E-state index in [4.69, 9.17) is 15.4 Å². The third-order valence-electron chi connectivity index (χ3n) is 2.57. The number of aryl methyl sites for hydroxylation is 1. The molecule has 0 aliphatic heterocycles. The normalized spacial score (nSPS) is 13.5. The van der Waals surface area contributed by atoms with Crippen molar-refractivity contribution in [3.05, 3.63) is 23.7 Å². The Morgan fingerprint density at radius 3 is 2.82 bits per heavy atom. The molecule has 0 saturated heterocycles. The minimum atomic E-state index is -0.218. The van der Waals surface area contributed by atoms with Crippen LogP contribution in [0.3, 0.4) is 0 Å². The molecule has 0 radical (unpaired) electrons. The monoisotopic (exact) mass is 239 g/mol. The van der Waals surface area contributed by atoms with E-state index in [-0.39, 0.29) is 17.7 Å². The number of nitrogens with zero attached hydrogens (tertiary/aromatic N) is 2. The molecule has 0 fully saturated rings. The maximum absolute atomic E-state index is 12.0. The highest BCUT2D eigenvalue weighted by Crippen LogP contribution is 2.12. The Bertz CT molecular complexity index is 425. The van der Waals surface area contributed by atoms with Crippen LogP contribution in [0.1, 0.15) is 23.0 Å². The number of rotatable bonds is 4. The molecule has 0 saturated carbocycles. The maximum Gasteiger partial charge on any atom is 0.289 e. The number of furan rings is 1. The second kappa shape index (κ2) is 5.38. The number of amides is 1. The van der Waals surface area contributed by atoms with Gasteiger partial charge in [0.2, 0.25) is 0 Å². The van der Waals surface area contributed by atoms with Crippen LogP contribution in [0.5, 0.6) is 0 Å². The summed E-state index contributed by atoms with van der Waals surface area (Å²) < 4.78 is 5.11. The highest BCUT2D eigenvalue weighted by molar-refractivity contribution is 5.93. The summed E-state index contributed by atoms with van der Waals surface area (Å²) in [5.41, 5.74) is 6.24. The molecule has 17 heavy (non-hydrogen) atoms. The van der Waals surface area contributed by atoms with Crippen molar-refractivity contribution in [1.82, 2.24) is 4.90 Å². The van der Waals surface area contributed by atoms with Gasteiger partial charge in [-0.3, -0.25) is 4.79 Å². The second-order valence-electron chi connectivity index (χ2n) is 4.04. The second-order valence-corrected chi connectivity index (χ2v) is 4.04. The largest absolute Gasteiger partial charge is 0.459 e. The molecule has 0 aromatic carbocycles. The molecular formula is C11H17N3O3. The Kier molecular flexibility index (Phi) is 4.14. The van der Waals surface area contributed by atoms with Crippen LogP contribution in [0.4, 0.5) is 0 Å². The van der Waals surface area contributed by atoms with Gasteiger partial charge in [-0.2, -0.15) is 0 Å². The van der Waals surface area contributed by atoms with Gasteiger partial charge >= 0.3 is 0 Å². The quantitative estimate of drug-likeness (QED) is 0.355. The summed E-state index contributed by atoms with van der Waals surface area (Å²) in [6.07, 6.45) is 1.48. The third-order valence-corrected chi connectivity index (χ3v) is 2.57. The van der Waals surface area contributed by atoms with Crippen molar-refractivity contribution >= 4 is 11.7 Å². The van der Waals surface area contributed by atoms with E-state index in [0.717, 1.165) is 5.56 Å². The standard InChI is InChI=1S/C11H17N3O3/c1-7-4-5-17-9(7)11(15)14(3)6-8(2)10(12)13-16/h4-5,8,16H,6H2,1-3H3,(H2,12,13). The van der Waals surface area contributed by atoms with E-state index in [0.29, 0.717) is 12.3 Å². The summed E-state index contributed by atoms with van der Waals surface area (Å²) in [6, 6.07) is 1.73. The van der Waals surface area contributed by atoms with E-state index in [1.54, 1.807) is 27.0 Å². The van der Waals surface area contributed by atoms with Gasteiger partial charge in [-0.15, -0.1) is 0 Å². The van der Waals surface area contributed by atoms with Crippen LogP contribution < -0.4 is 5.73 Å². The number of carbonyl (C=O) groups is 1. The molecule has 1 aromatic heterocycles. The third kappa shape index (κ3) is 2.99. The van der Waals surface area contributed by atoms with E-state index in [1.165, 1.54) is 11.2 Å². The predicted molar refractivity (Wildman–Crippen MR) is 63.0 cm³/mol. The SMILES string of the molecule is Cc1ccoc1C(=O)N(C)CC(C)/C(N)=N/O. The van der Waals surface area contributed by atoms with Crippen molar-refractivity contribution in [1.29, 1.82) is 0 Å². The zero-order valence-electron chi connectivity index (χ0n) is 10.2. The van der Waals surface area contributed by atoms with E-state index in [9.17, 15) is 4.79 Å². The topological polar surface area (TPSA) is 92.1 Å². The van der Waals surface area contributed by atoms with Gasteiger partial charge in [0.25, 0.3) is 5.91 Å². The minimum Gasteiger partial charge on any atom is -0.459 e. The molecule has 1 rings (SSSR count). The van der Waals surface area contributed by atoms with Crippen LogP contribution in [0, 0.1) is 12.8 Å². The van der Waals surface area contributed by atoms with E-state index < -0.39 is 0 Å². The molecule has 0 aliphatic rings. The number of amidine groups is 1. The lowest BCUT2D eigenvalue weighted by Crippen LogP contribution is -2.36. The number of carbonyl (C=O) groups excluding carboxylic acids is 1. The zero-order valence-corrected chi connectivity index (χ0v) is 10.2. The van der Waals surface area contributed by atoms with Crippen molar-refractivity contribution < 1.29 is 14.4 Å². The van der Waals surface area contributed by atoms with Gasteiger partial charge in [0, 0.05) is 25.1 Å². The van der Waals surface area contributed by atoms with Crippen molar-refractivity contribution in [2.24, 2.45) is 16.8 Å². The highest BCUT2D eigenvalue weighted by atomic mass is 16.4. The fourth-order valence-corrected chi connectivity index (χ4v) is 1.45. The van der Waals surface area contributed by atoms with E-state index in [2.05, 4.69) is 5.16 Å². The summed E-state index contributed by atoms with van der Waals surface area (Å²) >= 11 is 0. The molecule has 6 heteroatoms. The van der Waals surface area contributed by atoms with Crippen LogP contribution in [-0.4, -0.2) is 35.4 Å². The van der Waals surface area contributed by atoms with E-state index >= 15 is 0 Å². The molecule has 1 heterocycles. The van der Waals surface area contributed by atoms with Crippen molar-refractivity contribution in [2.75, 3.05) is 13.6 Å². The lowest BCUT2D eigenvalue weighted by Gasteiger charge is -2.20. The van der Waals surface area contributed by atoms with Gasteiger partial charge in [0.15, 0.2) is 5.76 Å². The lowest BCUT2D eigenvalue weighted by molar-refractivity contribution is 0.0753. The van der Waals surface area contributed by atoms with Crippen LogP contribution in [0.2, 0.25) is 0 Å². The molecule has 0 aliphatic carbocycles. The number of hydrogen-bond donors (Lipinski definition) is 2. The first-order valence-corrected chi connectivity index (χ1v) is 5.24. The Labute approximate surface area is 99.7 Å². The van der Waals surface area contributed by atoms with Crippen molar-refractivity contribution in [2.45, 2.75) is 13.8 Å². The summed E-state index contributed by atoms with van der Waals surface area (Å²) in [5.74, 6) is -0.0191. The lowest BCUT2D eigenvalue weighted by atomic mass is 10.1. The number of oxime groups is 1. The zero-order chi connectivity index (χ0) is 13.0. The average molecular weight is 239 g/mol.